The normalized spacial score (nSPS) is 26.9. The van der Waals surface area contributed by atoms with Crippen LogP contribution in [0, 0.1) is 0 Å². The van der Waals surface area contributed by atoms with Crippen LogP contribution in [0.1, 0.15) is 32.1 Å². The smallest absolute Gasteiger partial charge is 0.231 e. The molecule has 1 aromatic heterocycles. The van der Waals surface area contributed by atoms with Crippen molar-refractivity contribution >= 4 is 23.5 Å². The molecular formula is C12H18ClN5O. The molecular weight excluding hydrogens is 266 g/mol. The van der Waals surface area contributed by atoms with Crippen LogP contribution in [0.4, 0.5) is 11.9 Å². The summed E-state index contributed by atoms with van der Waals surface area (Å²) in [5.74, 6) is 1.17. The standard InChI is InChI=1S/C12H18ClN5O/c13-10-15-11(14-8-6-9(19)7-8)17-12(16-10)18-4-2-1-3-5-18/h8-9,19H,1-7H2,(H,14,15,16,17). The maximum absolute atomic E-state index is 9.28. The number of piperidine rings is 1. The molecule has 1 aliphatic carbocycles. The van der Waals surface area contributed by atoms with Crippen LogP contribution in [-0.2, 0) is 0 Å². The second-order valence-electron chi connectivity index (χ2n) is 5.24. The van der Waals surface area contributed by atoms with Crippen LogP contribution in [0.25, 0.3) is 0 Å². The Labute approximate surface area is 117 Å². The molecule has 1 saturated carbocycles. The lowest BCUT2D eigenvalue weighted by molar-refractivity contribution is 0.0834. The second kappa shape index (κ2) is 5.46. The zero-order chi connectivity index (χ0) is 13.2. The van der Waals surface area contributed by atoms with Gasteiger partial charge in [0.05, 0.1) is 6.10 Å². The van der Waals surface area contributed by atoms with Gasteiger partial charge in [0.2, 0.25) is 17.2 Å². The van der Waals surface area contributed by atoms with Gasteiger partial charge >= 0.3 is 0 Å². The number of aliphatic hydroxyl groups excluding tert-OH is 1. The average Bonchev–Trinajstić information content (AvgIpc) is 2.37. The molecule has 0 aromatic carbocycles. The monoisotopic (exact) mass is 283 g/mol. The molecule has 6 nitrogen and oxygen atoms in total. The predicted octanol–water partition coefficient (Wildman–Crippen LogP) is 1.45. The van der Waals surface area contributed by atoms with Gasteiger partial charge in [-0.25, -0.2) is 0 Å². The number of nitrogens with one attached hydrogen (secondary N) is 1. The molecule has 0 amide bonds. The first kappa shape index (κ1) is 12.9. The third-order valence-corrected chi connectivity index (χ3v) is 3.85. The number of hydrogen-bond acceptors (Lipinski definition) is 6. The third kappa shape index (κ3) is 3.06. The summed E-state index contributed by atoms with van der Waals surface area (Å²) in [4.78, 5) is 14.9. The Morgan fingerprint density at radius 3 is 2.53 bits per heavy atom. The molecule has 2 heterocycles. The van der Waals surface area contributed by atoms with Crippen molar-refractivity contribution in [1.29, 1.82) is 0 Å². The number of aromatic nitrogens is 3. The van der Waals surface area contributed by atoms with Gasteiger partial charge in [0.15, 0.2) is 0 Å². The van der Waals surface area contributed by atoms with E-state index in [1.807, 2.05) is 0 Å². The van der Waals surface area contributed by atoms with Crippen molar-refractivity contribution < 1.29 is 5.11 Å². The summed E-state index contributed by atoms with van der Waals surface area (Å²) >= 11 is 5.96. The van der Waals surface area contributed by atoms with Gasteiger partial charge in [-0.1, -0.05) is 0 Å². The fourth-order valence-corrected chi connectivity index (χ4v) is 2.68. The van der Waals surface area contributed by atoms with Crippen molar-refractivity contribution in [2.75, 3.05) is 23.3 Å². The van der Waals surface area contributed by atoms with Crippen molar-refractivity contribution in [2.45, 2.75) is 44.2 Å². The third-order valence-electron chi connectivity index (χ3n) is 3.68. The summed E-state index contributed by atoms with van der Waals surface area (Å²) < 4.78 is 0. The van der Waals surface area contributed by atoms with Gasteiger partial charge < -0.3 is 15.3 Å². The van der Waals surface area contributed by atoms with Gasteiger partial charge in [-0.3, -0.25) is 0 Å². The Balaban J connectivity index is 1.71. The second-order valence-corrected chi connectivity index (χ2v) is 5.58. The molecule has 2 fully saturated rings. The Morgan fingerprint density at radius 2 is 1.84 bits per heavy atom. The molecule has 0 spiro atoms. The van der Waals surface area contributed by atoms with E-state index >= 15 is 0 Å². The van der Waals surface area contributed by atoms with E-state index in [-0.39, 0.29) is 17.4 Å². The predicted molar refractivity (Wildman–Crippen MR) is 73.6 cm³/mol. The van der Waals surface area contributed by atoms with Crippen molar-refractivity contribution in [2.24, 2.45) is 0 Å². The molecule has 104 valence electrons. The Bertz CT molecular complexity index is 446. The van der Waals surface area contributed by atoms with E-state index < -0.39 is 0 Å². The number of anilines is 2. The molecule has 2 N–H and O–H groups in total. The fraction of sp³-hybridized carbons (Fsp3) is 0.750. The van der Waals surface area contributed by atoms with E-state index in [0.717, 1.165) is 25.9 Å². The summed E-state index contributed by atoms with van der Waals surface area (Å²) in [6, 6.07) is 0.239. The van der Waals surface area contributed by atoms with Gasteiger partial charge in [-0.2, -0.15) is 15.0 Å². The summed E-state index contributed by atoms with van der Waals surface area (Å²) in [7, 11) is 0. The van der Waals surface area contributed by atoms with E-state index in [9.17, 15) is 5.11 Å². The molecule has 0 bridgehead atoms. The molecule has 0 atom stereocenters. The highest BCUT2D eigenvalue weighted by Gasteiger charge is 2.28. The van der Waals surface area contributed by atoms with Crippen molar-refractivity contribution in [3.8, 4) is 0 Å². The van der Waals surface area contributed by atoms with Crippen LogP contribution in [-0.4, -0.2) is 45.3 Å². The summed E-state index contributed by atoms with van der Waals surface area (Å²) in [5, 5.41) is 12.7. The maximum atomic E-state index is 9.28. The Morgan fingerprint density at radius 1 is 1.11 bits per heavy atom. The molecule has 0 unspecified atom stereocenters. The largest absolute Gasteiger partial charge is 0.393 e. The summed E-state index contributed by atoms with van der Waals surface area (Å²) in [5.41, 5.74) is 0. The highest BCUT2D eigenvalue weighted by Crippen LogP contribution is 2.24. The number of aliphatic hydroxyl groups is 1. The Hall–Kier alpha value is -1.14. The SMILES string of the molecule is OC1CC(Nc2nc(Cl)nc(N3CCCCC3)n2)C1. The zero-order valence-electron chi connectivity index (χ0n) is 10.7. The number of halogens is 1. The molecule has 1 aliphatic heterocycles. The van der Waals surface area contributed by atoms with Gasteiger partial charge in [-0.05, 0) is 43.7 Å². The van der Waals surface area contributed by atoms with Crippen LogP contribution < -0.4 is 10.2 Å². The average molecular weight is 284 g/mol. The highest BCUT2D eigenvalue weighted by atomic mass is 35.5. The lowest BCUT2D eigenvalue weighted by atomic mass is 9.90. The lowest BCUT2D eigenvalue weighted by Gasteiger charge is -2.32. The first-order valence-corrected chi connectivity index (χ1v) is 7.19. The van der Waals surface area contributed by atoms with Crippen LogP contribution >= 0.6 is 11.6 Å². The minimum atomic E-state index is -0.198. The highest BCUT2D eigenvalue weighted by molar-refractivity contribution is 6.28. The summed E-state index contributed by atoms with van der Waals surface area (Å²) in [6.45, 7) is 1.95. The van der Waals surface area contributed by atoms with Crippen molar-refractivity contribution in [3.63, 3.8) is 0 Å². The molecule has 1 saturated heterocycles. The summed E-state index contributed by atoms with van der Waals surface area (Å²) in [6.07, 6.45) is 4.88. The van der Waals surface area contributed by atoms with Gasteiger partial charge in [0.25, 0.3) is 0 Å². The first-order chi connectivity index (χ1) is 9.20. The zero-order valence-corrected chi connectivity index (χ0v) is 11.5. The quantitative estimate of drug-likeness (QED) is 0.875. The van der Waals surface area contributed by atoms with E-state index in [1.165, 1.54) is 19.3 Å². The van der Waals surface area contributed by atoms with Crippen molar-refractivity contribution in [3.05, 3.63) is 5.28 Å². The number of nitrogens with zero attached hydrogens (tertiary/aromatic N) is 4. The molecule has 7 heteroatoms. The van der Waals surface area contributed by atoms with Crippen LogP contribution in [0.3, 0.4) is 0 Å². The van der Waals surface area contributed by atoms with Crippen LogP contribution in [0.2, 0.25) is 5.28 Å². The number of hydrogen-bond donors (Lipinski definition) is 2. The molecule has 0 radical (unpaired) electrons. The van der Waals surface area contributed by atoms with E-state index in [2.05, 4.69) is 25.2 Å². The van der Waals surface area contributed by atoms with E-state index in [0.29, 0.717) is 11.9 Å². The van der Waals surface area contributed by atoms with E-state index in [4.69, 9.17) is 11.6 Å². The molecule has 1 aromatic rings. The fourth-order valence-electron chi connectivity index (χ4n) is 2.53. The van der Waals surface area contributed by atoms with E-state index in [1.54, 1.807) is 0 Å². The van der Waals surface area contributed by atoms with Gasteiger partial charge in [-0.15, -0.1) is 0 Å². The topological polar surface area (TPSA) is 74.2 Å². The minimum absolute atomic E-state index is 0.198. The van der Waals surface area contributed by atoms with Gasteiger partial charge in [0.1, 0.15) is 0 Å². The van der Waals surface area contributed by atoms with Crippen LogP contribution in [0.5, 0.6) is 0 Å². The lowest BCUT2D eigenvalue weighted by Crippen LogP contribution is -2.39. The van der Waals surface area contributed by atoms with Crippen molar-refractivity contribution in [1.82, 2.24) is 15.0 Å². The maximum Gasteiger partial charge on any atom is 0.231 e. The Kier molecular flexibility index (Phi) is 3.70. The van der Waals surface area contributed by atoms with Crippen LogP contribution in [0.15, 0.2) is 0 Å². The number of rotatable bonds is 3. The molecule has 3 rings (SSSR count). The molecule has 2 aliphatic rings. The van der Waals surface area contributed by atoms with Gasteiger partial charge in [0, 0.05) is 19.1 Å². The molecule has 19 heavy (non-hydrogen) atoms. The minimum Gasteiger partial charge on any atom is -0.393 e. The first-order valence-electron chi connectivity index (χ1n) is 6.82.